The molecule has 188 valence electrons. The van der Waals surface area contributed by atoms with Gasteiger partial charge in [-0.25, -0.2) is 4.79 Å². The van der Waals surface area contributed by atoms with E-state index in [1.165, 1.54) is 34.1 Å². The molecule has 2 unspecified atom stereocenters. The highest BCUT2D eigenvalue weighted by molar-refractivity contribution is 7.86. The van der Waals surface area contributed by atoms with Crippen LogP contribution in [-0.4, -0.2) is 97.5 Å². The monoisotopic (exact) mass is 500 g/mol. The fraction of sp³-hybridized carbons (Fsp3) is 0.600. The normalized spacial score (nSPS) is 23.1. The fourth-order valence-corrected chi connectivity index (χ4v) is 4.94. The van der Waals surface area contributed by atoms with E-state index < -0.39 is 32.6 Å². The molecule has 1 aromatic rings. The van der Waals surface area contributed by atoms with Crippen LogP contribution < -0.4 is 5.32 Å². The molecule has 2 heterocycles. The van der Waals surface area contributed by atoms with Gasteiger partial charge in [0.15, 0.2) is 5.60 Å². The quantitative estimate of drug-likeness (QED) is 0.278. The van der Waals surface area contributed by atoms with Crippen molar-refractivity contribution in [2.75, 3.05) is 45.6 Å². The first-order valence-electron chi connectivity index (χ1n) is 10.7. The Morgan fingerprint density at radius 1 is 1.29 bits per heavy atom. The number of nitrogens with one attached hydrogen (secondary N) is 1. The predicted molar refractivity (Wildman–Crippen MR) is 118 cm³/mol. The zero-order valence-corrected chi connectivity index (χ0v) is 19.5. The molecule has 0 saturated carbocycles. The number of amides is 2. The van der Waals surface area contributed by atoms with Crippen molar-refractivity contribution in [3.05, 3.63) is 39.9 Å². The van der Waals surface area contributed by atoms with Crippen LogP contribution in [0.4, 0.5) is 10.5 Å². The van der Waals surface area contributed by atoms with Crippen LogP contribution in [0.15, 0.2) is 24.3 Å². The second-order valence-corrected chi connectivity index (χ2v) is 9.88. The Morgan fingerprint density at radius 2 is 2.00 bits per heavy atom. The van der Waals surface area contributed by atoms with Gasteiger partial charge in [0.25, 0.3) is 21.7 Å². The molecule has 2 aliphatic rings. The number of non-ortho nitro benzene ring substituents is 1. The first kappa shape index (κ1) is 25.8. The summed E-state index contributed by atoms with van der Waals surface area (Å²) in [5.74, 6) is -0.552. The first-order chi connectivity index (χ1) is 16.0. The number of nitrogens with zero attached hydrogens (tertiary/aromatic N) is 3. The molecule has 2 aliphatic heterocycles. The van der Waals surface area contributed by atoms with Gasteiger partial charge in [0.2, 0.25) is 0 Å². The summed E-state index contributed by atoms with van der Waals surface area (Å²) in [5, 5.41) is 23.2. The van der Waals surface area contributed by atoms with E-state index in [4.69, 9.17) is 8.92 Å². The third kappa shape index (κ3) is 6.20. The molecule has 34 heavy (non-hydrogen) atoms. The molecule has 0 radical (unpaired) electrons. The standard InChI is InChI=1S/C20H28N4O9S/c1-34(30,31)33-20(18(26)23-10-8-21-12-17(23)6-11-25)7-9-22(14-20)19(27)32-13-15-2-4-16(5-3-15)24(28)29/h2-5,17,21,25H,6-14H2,1H3. The minimum atomic E-state index is -4.04. The van der Waals surface area contributed by atoms with Gasteiger partial charge in [0.1, 0.15) is 6.61 Å². The van der Waals surface area contributed by atoms with Gasteiger partial charge in [-0.3, -0.25) is 19.1 Å². The molecule has 2 amide bonds. The SMILES string of the molecule is CS(=O)(=O)OC1(C(=O)N2CCNCC2CCO)CCN(C(=O)OCc2ccc([N+](=O)[O-])cc2)C1. The summed E-state index contributed by atoms with van der Waals surface area (Å²) < 4.78 is 34.6. The molecule has 2 atom stereocenters. The van der Waals surface area contributed by atoms with Gasteiger partial charge in [-0.2, -0.15) is 8.42 Å². The second kappa shape index (κ2) is 10.6. The average Bonchev–Trinajstić information content (AvgIpc) is 3.21. The number of aliphatic hydroxyl groups excluding tert-OH is 1. The van der Waals surface area contributed by atoms with E-state index in [1.807, 2.05) is 0 Å². The summed E-state index contributed by atoms with van der Waals surface area (Å²) in [6, 6.07) is 5.16. The average molecular weight is 501 g/mol. The molecule has 0 bridgehead atoms. The highest BCUT2D eigenvalue weighted by atomic mass is 32.2. The van der Waals surface area contributed by atoms with Crippen molar-refractivity contribution in [3.63, 3.8) is 0 Å². The number of likely N-dealkylation sites (tertiary alicyclic amines) is 1. The molecule has 2 saturated heterocycles. The number of hydrogen-bond donors (Lipinski definition) is 2. The minimum absolute atomic E-state index is 0.0388. The molecular weight excluding hydrogens is 472 g/mol. The predicted octanol–water partition coefficient (Wildman–Crippen LogP) is -0.165. The highest BCUT2D eigenvalue weighted by Gasteiger charge is 2.53. The van der Waals surface area contributed by atoms with Gasteiger partial charge in [-0.05, 0) is 24.1 Å². The zero-order valence-electron chi connectivity index (χ0n) is 18.7. The maximum absolute atomic E-state index is 13.5. The van der Waals surface area contributed by atoms with E-state index in [-0.39, 0.29) is 44.5 Å². The van der Waals surface area contributed by atoms with Crippen LogP contribution in [0.1, 0.15) is 18.4 Å². The van der Waals surface area contributed by atoms with Gasteiger partial charge in [-0.1, -0.05) is 0 Å². The molecule has 3 rings (SSSR count). The lowest BCUT2D eigenvalue weighted by Gasteiger charge is -2.40. The smallest absolute Gasteiger partial charge is 0.410 e. The summed E-state index contributed by atoms with van der Waals surface area (Å²) in [5.41, 5.74) is -1.35. The highest BCUT2D eigenvalue weighted by Crippen LogP contribution is 2.31. The molecule has 2 N–H and O–H groups in total. The van der Waals surface area contributed by atoms with E-state index in [2.05, 4.69) is 5.32 Å². The number of ether oxygens (including phenoxy) is 1. The van der Waals surface area contributed by atoms with Crippen molar-refractivity contribution in [1.29, 1.82) is 0 Å². The van der Waals surface area contributed by atoms with E-state index in [1.54, 1.807) is 0 Å². The summed E-state index contributed by atoms with van der Waals surface area (Å²) in [4.78, 5) is 39.1. The molecule has 2 fully saturated rings. The number of benzene rings is 1. The van der Waals surface area contributed by atoms with Crippen LogP contribution in [0.3, 0.4) is 0 Å². The van der Waals surface area contributed by atoms with Crippen molar-refractivity contribution in [1.82, 2.24) is 15.1 Å². The Kier molecular flexibility index (Phi) is 8.07. The molecule has 13 nitrogen and oxygen atoms in total. The molecular formula is C20H28N4O9S. The number of carbonyl (C=O) groups is 2. The van der Waals surface area contributed by atoms with E-state index in [9.17, 15) is 33.2 Å². The Bertz CT molecular complexity index is 1020. The maximum Gasteiger partial charge on any atom is 0.410 e. The second-order valence-electron chi connectivity index (χ2n) is 8.30. The summed E-state index contributed by atoms with van der Waals surface area (Å²) >= 11 is 0. The van der Waals surface area contributed by atoms with Gasteiger partial charge >= 0.3 is 6.09 Å². The Labute approximate surface area is 196 Å². The molecule has 0 spiro atoms. The van der Waals surface area contributed by atoms with Crippen LogP contribution in [0.25, 0.3) is 0 Å². The third-order valence-electron chi connectivity index (χ3n) is 5.77. The summed E-state index contributed by atoms with van der Waals surface area (Å²) in [6.45, 7) is 0.689. The lowest BCUT2D eigenvalue weighted by atomic mass is 9.98. The van der Waals surface area contributed by atoms with Crippen LogP contribution >= 0.6 is 0 Å². The topological polar surface area (TPSA) is 169 Å². The first-order valence-corrected chi connectivity index (χ1v) is 12.5. The summed E-state index contributed by atoms with van der Waals surface area (Å²) in [7, 11) is -4.04. The number of nitro groups is 1. The lowest BCUT2D eigenvalue weighted by molar-refractivity contribution is -0.384. The van der Waals surface area contributed by atoms with E-state index >= 15 is 0 Å². The van der Waals surface area contributed by atoms with E-state index in [0.29, 0.717) is 31.6 Å². The third-order valence-corrected chi connectivity index (χ3v) is 6.40. The van der Waals surface area contributed by atoms with Gasteiger partial charge < -0.3 is 25.0 Å². The number of nitro benzene ring substituents is 1. The van der Waals surface area contributed by atoms with Gasteiger partial charge in [0.05, 0.1) is 17.7 Å². The molecule has 14 heteroatoms. The number of carbonyl (C=O) groups excluding carboxylic acids is 2. The Balaban J connectivity index is 1.71. The number of piperazine rings is 1. The van der Waals surface area contributed by atoms with Gasteiger partial charge in [0, 0.05) is 57.4 Å². The van der Waals surface area contributed by atoms with Crippen molar-refractivity contribution in [2.45, 2.75) is 31.1 Å². The Hall–Kier alpha value is -2.81. The molecule has 0 aliphatic carbocycles. The fourth-order valence-electron chi connectivity index (χ4n) is 4.15. The van der Waals surface area contributed by atoms with Crippen LogP contribution in [0.5, 0.6) is 0 Å². The molecule has 0 aromatic heterocycles. The molecule has 1 aromatic carbocycles. The van der Waals surface area contributed by atoms with Crippen LogP contribution in [-0.2, 0) is 30.4 Å². The number of aliphatic hydroxyl groups is 1. The van der Waals surface area contributed by atoms with Crippen molar-refractivity contribution in [3.8, 4) is 0 Å². The largest absolute Gasteiger partial charge is 0.445 e. The zero-order chi connectivity index (χ0) is 24.9. The van der Waals surface area contributed by atoms with Crippen LogP contribution in [0, 0.1) is 10.1 Å². The number of hydrogen-bond acceptors (Lipinski definition) is 10. The minimum Gasteiger partial charge on any atom is -0.445 e. The van der Waals surface area contributed by atoms with Crippen molar-refractivity contribution >= 4 is 27.8 Å². The summed E-state index contributed by atoms with van der Waals surface area (Å²) in [6.07, 6.45) is 0.355. The lowest BCUT2D eigenvalue weighted by Crippen LogP contribution is -2.61. The van der Waals surface area contributed by atoms with Crippen molar-refractivity contribution < 1.29 is 37.0 Å². The van der Waals surface area contributed by atoms with Crippen LogP contribution in [0.2, 0.25) is 0 Å². The van der Waals surface area contributed by atoms with Gasteiger partial charge in [-0.15, -0.1) is 0 Å². The maximum atomic E-state index is 13.5. The van der Waals surface area contributed by atoms with E-state index in [0.717, 1.165) is 6.26 Å². The van der Waals surface area contributed by atoms with Crippen molar-refractivity contribution in [2.24, 2.45) is 0 Å². The Morgan fingerprint density at radius 3 is 2.62 bits per heavy atom. The number of rotatable bonds is 8.